The molecule has 49 heavy (non-hydrogen) atoms. The summed E-state index contributed by atoms with van der Waals surface area (Å²) in [4.78, 5) is 60.0. The number of esters is 1. The molecule has 3 aromatic carbocycles. The Balaban J connectivity index is 1.33. The predicted octanol–water partition coefficient (Wildman–Crippen LogP) is 4.23. The first kappa shape index (κ1) is 32.7. The minimum absolute atomic E-state index is 0.180. The minimum atomic E-state index is -1.51. The highest BCUT2D eigenvalue weighted by Crippen LogP contribution is 2.54. The summed E-state index contributed by atoms with van der Waals surface area (Å²) < 4.78 is 13.1. The number of carbonyl (C=O) groups is 4. The van der Waals surface area contributed by atoms with E-state index < -0.39 is 59.6 Å². The zero-order chi connectivity index (χ0) is 34.3. The van der Waals surface area contributed by atoms with E-state index in [0.717, 1.165) is 10.8 Å². The number of hydrogen-bond acceptors (Lipinski definition) is 7. The van der Waals surface area contributed by atoms with Crippen LogP contribution in [-0.2, 0) is 28.7 Å². The van der Waals surface area contributed by atoms with Crippen molar-refractivity contribution in [1.82, 2.24) is 10.2 Å². The highest BCUT2D eigenvalue weighted by molar-refractivity contribution is 6.06. The van der Waals surface area contributed by atoms with E-state index in [4.69, 9.17) is 9.47 Å². The van der Waals surface area contributed by atoms with Crippen molar-refractivity contribution >= 4 is 40.2 Å². The Hall–Kier alpha value is -4.80. The number of amides is 3. The molecule has 3 amide bonds. The molecular weight excluding hydrogens is 622 g/mol. The molecule has 7 rings (SSSR count). The molecule has 1 spiro atoms. The number of nitrogens with one attached hydrogen (secondary N) is 1. The lowest BCUT2D eigenvalue weighted by Crippen LogP contribution is -2.58. The van der Waals surface area contributed by atoms with Gasteiger partial charge in [-0.25, -0.2) is 0 Å². The summed E-state index contributed by atoms with van der Waals surface area (Å²) in [6.07, 6.45) is 6.37. The molecule has 4 heterocycles. The average Bonchev–Trinajstić information content (AvgIpc) is 3.50. The zero-order valence-corrected chi connectivity index (χ0v) is 27.6. The fourth-order valence-corrected chi connectivity index (χ4v) is 8.03. The van der Waals surface area contributed by atoms with Gasteiger partial charge >= 0.3 is 5.97 Å². The van der Waals surface area contributed by atoms with Gasteiger partial charge in [0.15, 0.2) is 0 Å². The van der Waals surface area contributed by atoms with Crippen LogP contribution in [0.2, 0.25) is 0 Å². The van der Waals surface area contributed by atoms with Gasteiger partial charge in [-0.1, -0.05) is 91.9 Å². The summed E-state index contributed by atoms with van der Waals surface area (Å²) in [5.41, 5.74) is -0.150. The Bertz CT molecular complexity index is 1820. The third kappa shape index (κ3) is 5.62. The molecule has 4 aliphatic rings. The van der Waals surface area contributed by atoms with Crippen LogP contribution in [0.5, 0.6) is 0 Å². The van der Waals surface area contributed by atoms with Crippen molar-refractivity contribution in [3.05, 3.63) is 103 Å². The number of anilines is 1. The first-order valence-electron chi connectivity index (χ1n) is 17.1. The average molecular weight is 664 g/mol. The molecule has 0 aliphatic carbocycles. The van der Waals surface area contributed by atoms with Gasteiger partial charge in [-0.3, -0.25) is 19.2 Å². The summed E-state index contributed by atoms with van der Waals surface area (Å²) in [6, 6.07) is 20.5. The van der Waals surface area contributed by atoms with Crippen LogP contribution in [-0.4, -0.2) is 76.7 Å². The first-order chi connectivity index (χ1) is 23.8. The van der Waals surface area contributed by atoms with Crippen LogP contribution in [0.25, 0.3) is 10.8 Å². The fourth-order valence-electron chi connectivity index (χ4n) is 8.03. The number of ether oxygens (including phenoxy) is 2. The van der Waals surface area contributed by atoms with E-state index in [1.807, 2.05) is 85.8 Å². The van der Waals surface area contributed by atoms with Crippen LogP contribution in [0, 0.1) is 11.8 Å². The number of aliphatic hydroxyl groups excluding tert-OH is 1. The van der Waals surface area contributed by atoms with Crippen molar-refractivity contribution in [3.63, 3.8) is 0 Å². The zero-order valence-electron chi connectivity index (χ0n) is 27.6. The van der Waals surface area contributed by atoms with Gasteiger partial charge < -0.3 is 29.7 Å². The summed E-state index contributed by atoms with van der Waals surface area (Å²) in [5, 5.41) is 15.5. The molecule has 254 valence electrons. The van der Waals surface area contributed by atoms with Crippen LogP contribution in [0.4, 0.5) is 5.69 Å². The third-order valence-corrected chi connectivity index (χ3v) is 10.4. The first-order valence-corrected chi connectivity index (χ1v) is 17.1. The van der Waals surface area contributed by atoms with Crippen molar-refractivity contribution in [3.8, 4) is 0 Å². The van der Waals surface area contributed by atoms with Crippen molar-refractivity contribution in [2.45, 2.75) is 69.0 Å². The minimum Gasteiger partial charge on any atom is -0.455 e. The van der Waals surface area contributed by atoms with Crippen molar-refractivity contribution in [2.75, 3.05) is 18.1 Å². The van der Waals surface area contributed by atoms with E-state index in [-0.39, 0.29) is 31.4 Å². The van der Waals surface area contributed by atoms with E-state index >= 15 is 0 Å². The second-order valence-electron chi connectivity index (χ2n) is 13.3. The van der Waals surface area contributed by atoms with Crippen molar-refractivity contribution < 1.29 is 33.8 Å². The maximum Gasteiger partial charge on any atom is 0.313 e. The molecule has 3 aromatic rings. The van der Waals surface area contributed by atoms with Crippen LogP contribution in [0.1, 0.15) is 44.8 Å². The molecule has 8 atom stereocenters. The lowest BCUT2D eigenvalue weighted by atomic mass is 9.77. The number of nitrogens with zero attached hydrogens (tertiary/aromatic N) is 2. The number of carbonyl (C=O) groups excluding carboxylic acids is 4. The van der Waals surface area contributed by atoms with Crippen molar-refractivity contribution in [1.29, 1.82) is 0 Å². The maximum atomic E-state index is 14.9. The fraction of sp³-hybridized carbons (Fsp3) is 0.385. The molecule has 0 unspecified atom stereocenters. The number of fused-ring (bicyclic) bond motifs is 3. The lowest BCUT2D eigenvalue weighted by Gasteiger charge is -2.38. The number of likely N-dealkylation sites (tertiary alicyclic amines) is 1. The molecule has 2 N–H and O–H groups in total. The molecule has 4 aliphatic heterocycles. The van der Waals surface area contributed by atoms with Gasteiger partial charge in [0.05, 0.1) is 30.7 Å². The largest absolute Gasteiger partial charge is 0.455 e. The van der Waals surface area contributed by atoms with E-state index in [1.165, 1.54) is 4.90 Å². The monoisotopic (exact) mass is 663 g/mol. The molecule has 0 radical (unpaired) electrons. The quantitative estimate of drug-likeness (QED) is 0.309. The molecule has 2 fully saturated rings. The van der Waals surface area contributed by atoms with Crippen molar-refractivity contribution in [2.24, 2.45) is 11.8 Å². The number of rotatable bonds is 5. The molecule has 10 heteroatoms. The van der Waals surface area contributed by atoms with Gasteiger partial charge in [-0.15, -0.1) is 0 Å². The van der Waals surface area contributed by atoms with Crippen LogP contribution >= 0.6 is 0 Å². The lowest BCUT2D eigenvalue weighted by molar-refractivity contribution is -0.161. The van der Waals surface area contributed by atoms with E-state index in [0.29, 0.717) is 24.1 Å². The standard InChI is InChI=1S/C39H41N3O7/c1-3-28(23-43)42-35-37(46)41(29-19-18-25-12-7-8-15-27(25)22-29)21-11-20-39(35)33(36(42)45)32-30(49-39)16-9-10-17-31(44)40-24(2)34(48-38(32)47)26-13-5-4-6-14-26/h4-9,11-16,18-20,22,24,28,30,32-35,43H,3,10,17,21,23H2,1-2H3,(H,40,44)/b16-9-/t24-,28-,30-,32+,33+,34+,35-,39+/m0/s1. The van der Waals surface area contributed by atoms with Crippen LogP contribution < -0.4 is 10.2 Å². The second kappa shape index (κ2) is 13.2. The SMILES string of the molecule is CC[C@@H](CO)N1C(=O)[C@H]2[C@@H]3C(=O)O[C@@H](c4ccccc4)[C@H](C)NC(=O)CC/C=C\[C@@H]3O[C@]23C=CCN(c2ccc4ccccc4c2)C(=O)[C@H]13. The topological polar surface area (TPSA) is 125 Å². The Morgan fingerprint density at radius 1 is 0.959 bits per heavy atom. The van der Waals surface area contributed by atoms with E-state index in [9.17, 15) is 24.3 Å². The molecule has 2 saturated heterocycles. The maximum absolute atomic E-state index is 14.9. The Morgan fingerprint density at radius 2 is 1.71 bits per heavy atom. The van der Waals surface area contributed by atoms with E-state index in [1.54, 1.807) is 30.1 Å². The summed E-state index contributed by atoms with van der Waals surface area (Å²) in [5.74, 6) is -3.82. The van der Waals surface area contributed by atoms with Crippen LogP contribution in [0.3, 0.4) is 0 Å². The van der Waals surface area contributed by atoms with E-state index in [2.05, 4.69) is 5.32 Å². The number of benzene rings is 3. The molecule has 0 saturated carbocycles. The smallest absolute Gasteiger partial charge is 0.313 e. The molecule has 0 bridgehead atoms. The summed E-state index contributed by atoms with van der Waals surface area (Å²) >= 11 is 0. The van der Waals surface area contributed by atoms with Gasteiger partial charge in [0.25, 0.3) is 5.91 Å². The Morgan fingerprint density at radius 3 is 2.47 bits per heavy atom. The van der Waals surface area contributed by atoms with Crippen LogP contribution in [0.15, 0.2) is 97.1 Å². The number of allylic oxidation sites excluding steroid dienone is 1. The number of cyclic esters (lactones) is 1. The van der Waals surface area contributed by atoms with Gasteiger partial charge in [0.1, 0.15) is 23.7 Å². The van der Waals surface area contributed by atoms with Gasteiger partial charge in [0.2, 0.25) is 11.8 Å². The number of aliphatic hydroxyl groups is 1. The summed E-state index contributed by atoms with van der Waals surface area (Å²) in [6.45, 7) is 3.50. The predicted molar refractivity (Wildman–Crippen MR) is 183 cm³/mol. The molecule has 0 aromatic heterocycles. The Labute approximate surface area is 285 Å². The molecular formula is C39H41N3O7. The normalized spacial score (nSPS) is 31.5. The highest BCUT2D eigenvalue weighted by atomic mass is 16.6. The highest BCUT2D eigenvalue weighted by Gasteiger charge is 2.72. The van der Waals surface area contributed by atoms with Gasteiger partial charge in [-0.05, 0) is 48.2 Å². The summed E-state index contributed by atoms with van der Waals surface area (Å²) in [7, 11) is 0. The Kier molecular flexibility index (Phi) is 8.85. The van der Waals surface area contributed by atoms with Gasteiger partial charge in [0, 0.05) is 18.7 Å². The molecule has 10 nitrogen and oxygen atoms in total. The van der Waals surface area contributed by atoms with Gasteiger partial charge in [-0.2, -0.15) is 0 Å². The number of hydrogen-bond donors (Lipinski definition) is 2. The second-order valence-corrected chi connectivity index (χ2v) is 13.3. The third-order valence-electron chi connectivity index (χ3n) is 10.4.